The normalized spacial score (nSPS) is 15.5. The molecule has 0 saturated carbocycles. The van der Waals surface area contributed by atoms with Gasteiger partial charge in [0.25, 0.3) is 5.91 Å². The Labute approximate surface area is 231 Å². The van der Waals surface area contributed by atoms with E-state index in [9.17, 15) is 19.1 Å². The van der Waals surface area contributed by atoms with E-state index in [1.54, 1.807) is 43.5 Å². The summed E-state index contributed by atoms with van der Waals surface area (Å²) in [5.41, 5.74) is 2.14. The Morgan fingerprint density at radius 1 is 1.16 bits per heavy atom. The molecule has 0 atom stereocenters. The van der Waals surface area contributed by atoms with Crippen LogP contribution < -0.4 is 9.47 Å². The first-order valence-corrected chi connectivity index (χ1v) is 13.1. The van der Waals surface area contributed by atoms with E-state index < -0.39 is 5.97 Å². The van der Waals surface area contributed by atoms with Crippen LogP contribution in [0.25, 0.3) is 6.08 Å². The minimum atomic E-state index is -1.05. The number of halogens is 2. The molecule has 1 aliphatic rings. The summed E-state index contributed by atoms with van der Waals surface area (Å²) in [5.74, 6) is -0.472. The van der Waals surface area contributed by atoms with E-state index >= 15 is 0 Å². The van der Waals surface area contributed by atoms with E-state index in [1.807, 2.05) is 13.0 Å². The van der Waals surface area contributed by atoms with E-state index in [1.165, 1.54) is 40.9 Å². The van der Waals surface area contributed by atoms with Gasteiger partial charge in [-0.2, -0.15) is 0 Å². The van der Waals surface area contributed by atoms with Crippen molar-refractivity contribution >= 4 is 63.2 Å². The number of rotatable bonds is 8. The molecule has 1 heterocycles. The Morgan fingerprint density at radius 3 is 2.62 bits per heavy atom. The Kier molecular flexibility index (Phi) is 8.49. The largest absolute Gasteiger partial charge is 0.490 e. The van der Waals surface area contributed by atoms with Crippen LogP contribution in [0.15, 0.2) is 70.6 Å². The lowest BCUT2D eigenvalue weighted by Crippen LogP contribution is -2.23. The highest BCUT2D eigenvalue weighted by Crippen LogP contribution is 2.38. The van der Waals surface area contributed by atoms with Gasteiger partial charge in [0.05, 0.1) is 26.3 Å². The Balaban J connectivity index is 1.59. The number of likely N-dealkylation sites (N-methyl/N-ethyl adjacent to an activating group) is 1. The minimum absolute atomic E-state index is 0.120. The number of aromatic carboxylic acids is 1. The first kappa shape index (κ1) is 26.7. The molecular weight excluding hydrogens is 610 g/mol. The number of aliphatic imine (C=N–C) groups is 1. The van der Waals surface area contributed by atoms with Crippen LogP contribution in [0.2, 0.25) is 0 Å². The predicted octanol–water partition coefficient (Wildman–Crippen LogP) is 6.34. The van der Waals surface area contributed by atoms with Gasteiger partial charge in [-0.15, -0.1) is 0 Å². The van der Waals surface area contributed by atoms with Crippen LogP contribution in [0.4, 0.5) is 10.1 Å². The maximum atomic E-state index is 13.2. The van der Waals surface area contributed by atoms with E-state index in [0.29, 0.717) is 33.9 Å². The van der Waals surface area contributed by atoms with Crippen molar-refractivity contribution in [3.63, 3.8) is 0 Å². The van der Waals surface area contributed by atoms with Gasteiger partial charge in [-0.1, -0.05) is 18.2 Å². The average Bonchev–Trinajstić information content (AvgIpc) is 3.12. The van der Waals surface area contributed by atoms with Crippen molar-refractivity contribution in [2.24, 2.45) is 4.99 Å². The summed E-state index contributed by atoms with van der Waals surface area (Å²) >= 11 is 3.36. The number of ether oxygens (including phenoxy) is 2. The fourth-order valence-electron chi connectivity index (χ4n) is 3.43. The van der Waals surface area contributed by atoms with Crippen molar-refractivity contribution in [1.82, 2.24) is 4.90 Å². The third-order valence-corrected chi connectivity index (χ3v) is 7.11. The number of thioether (sulfide) groups is 1. The molecule has 0 aromatic heterocycles. The van der Waals surface area contributed by atoms with Crippen LogP contribution in [-0.2, 0) is 11.4 Å². The number of carboxylic acid groups (broad SMARTS) is 1. The van der Waals surface area contributed by atoms with Crippen LogP contribution in [0, 0.1) is 9.39 Å². The highest BCUT2D eigenvalue weighted by atomic mass is 127. The number of carbonyl (C=O) groups is 2. The summed E-state index contributed by atoms with van der Waals surface area (Å²) < 4.78 is 25.8. The molecule has 1 aliphatic heterocycles. The molecule has 0 unspecified atom stereocenters. The number of amidine groups is 1. The lowest BCUT2D eigenvalue weighted by Gasteiger charge is -2.15. The second kappa shape index (κ2) is 11.8. The third kappa shape index (κ3) is 6.50. The summed E-state index contributed by atoms with van der Waals surface area (Å²) in [6.45, 7) is 2.54. The SMILES string of the molecule is CCOc1cc(/C=C2\SC(=Nc3cccc(C(=O)O)c3)N(C)C2=O)cc(I)c1OCc1ccc(F)cc1. The van der Waals surface area contributed by atoms with Crippen molar-refractivity contribution in [3.05, 3.63) is 91.6 Å². The van der Waals surface area contributed by atoms with E-state index in [4.69, 9.17) is 9.47 Å². The maximum Gasteiger partial charge on any atom is 0.335 e. The van der Waals surface area contributed by atoms with Gasteiger partial charge in [-0.3, -0.25) is 9.69 Å². The van der Waals surface area contributed by atoms with Gasteiger partial charge in [-0.25, -0.2) is 14.2 Å². The first-order valence-electron chi connectivity index (χ1n) is 11.2. The Hall–Kier alpha value is -3.38. The van der Waals surface area contributed by atoms with Gasteiger partial charge in [0, 0.05) is 7.05 Å². The van der Waals surface area contributed by atoms with E-state index in [-0.39, 0.29) is 23.9 Å². The summed E-state index contributed by atoms with van der Waals surface area (Å²) in [5, 5.41) is 9.66. The fourth-order valence-corrected chi connectivity index (χ4v) is 5.20. The molecule has 37 heavy (non-hydrogen) atoms. The molecule has 10 heteroatoms. The Morgan fingerprint density at radius 2 is 1.92 bits per heavy atom. The summed E-state index contributed by atoms with van der Waals surface area (Å²) in [7, 11) is 1.62. The number of nitrogens with zero attached hydrogens (tertiary/aromatic N) is 2. The Bertz CT molecular complexity index is 1410. The summed E-state index contributed by atoms with van der Waals surface area (Å²) in [6.07, 6.45) is 1.76. The van der Waals surface area contributed by atoms with Crippen LogP contribution in [-0.4, -0.2) is 40.7 Å². The number of carbonyl (C=O) groups excluding carboxylic acids is 1. The molecule has 0 bridgehead atoms. The quantitative estimate of drug-likeness (QED) is 0.231. The standard InChI is InChI=1S/C27H22FIN2O5S/c1-3-35-22-12-17(11-21(29)24(22)36-15-16-7-9-19(28)10-8-16)13-23-25(32)31(2)27(37-23)30-20-6-4-5-18(14-20)26(33)34/h4-14H,3,15H2,1-2H3,(H,33,34)/b23-13-,30-27?. The zero-order valence-corrected chi connectivity index (χ0v) is 22.9. The molecule has 4 rings (SSSR count). The van der Waals surface area contributed by atoms with Crippen LogP contribution in [0.1, 0.15) is 28.4 Å². The molecule has 0 radical (unpaired) electrons. The molecule has 7 nitrogen and oxygen atoms in total. The van der Waals surface area contributed by atoms with E-state index in [0.717, 1.165) is 14.7 Å². The van der Waals surface area contributed by atoms with Crippen LogP contribution in [0.5, 0.6) is 11.5 Å². The summed E-state index contributed by atoms with van der Waals surface area (Å²) in [6, 6.07) is 16.0. The number of benzene rings is 3. The molecule has 1 fully saturated rings. The smallest absolute Gasteiger partial charge is 0.335 e. The molecule has 190 valence electrons. The highest BCUT2D eigenvalue weighted by molar-refractivity contribution is 14.1. The first-order chi connectivity index (χ1) is 17.7. The topological polar surface area (TPSA) is 88.4 Å². The van der Waals surface area contributed by atoms with Crippen molar-refractivity contribution in [2.75, 3.05) is 13.7 Å². The highest BCUT2D eigenvalue weighted by Gasteiger charge is 2.30. The fraction of sp³-hybridized carbons (Fsp3) is 0.148. The van der Waals surface area contributed by atoms with Crippen molar-refractivity contribution < 1.29 is 28.6 Å². The molecule has 3 aromatic carbocycles. The van der Waals surface area contributed by atoms with Gasteiger partial charge in [0.1, 0.15) is 12.4 Å². The number of amides is 1. The molecule has 1 N–H and O–H groups in total. The van der Waals surface area contributed by atoms with Crippen LogP contribution in [0.3, 0.4) is 0 Å². The monoisotopic (exact) mass is 632 g/mol. The maximum absolute atomic E-state index is 13.2. The molecule has 0 aliphatic carbocycles. The second-order valence-electron chi connectivity index (χ2n) is 7.90. The number of hydrogen-bond acceptors (Lipinski definition) is 6. The minimum Gasteiger partial charge on any atom is -0.490 e. The van der Waals surface area contributed by atoms with Crippen molar-refractivity contribution in [1.29, 1.82) is 0 Å². The lowest BCUT2D eigenvalue weighted by atomic mass is 10.1. The van der Waals surface area contributed by atoms with E-state index in [2.05, 4.69) is 27.6 Å². The zero-order chi connectivity index (χ0) is 26.5. The second-order valence-corrected chi connectivity index (χ2v) is 10.1. The summed E-state index contributed by atoms with van der Waals surface area (Å²) in [4.78, 5) is 30.5. The molecule has 3 aromatic rings. The molecule has 0 spiro atoms. The van der Waals surface area contributed by atoms with Gasteiger partial charge >= 0.3 is 5.97 Å². The van der Waals surface area contributed by atoms with Crippen molar-refractivity contribution in [3.8, 4) is 11.5 Å². The van der Waals surface area contributed by atoms with Crippen LogP contribution >= 0.6 is 34.4 Å². The molecule has 1 saturated heterocycles. The predicted molar refractivity (Wildman–Crippen MR) is 150 cm³/mol. The average molecular weight is 632 g/mol. The van der Waals surface area contributed by atoms with Crippen molar-refractivity contribution in [2.45, 2.75) is 13.5 Å². The number of hydrogen-bond donors (Lipinski definition) is 1. The van der Waals surface area contributed by atoms with Gasteiger partial charge in [0.2, 0.25) is 0 Å². The van der Waals surface area contributed by atoms with Gasteiger partial charge in [-0.05, 0) is 101 Å². The van der Waals surface area contributed by atoms with Gasteiger partial charge in [0.15, 0.2) is 16.7 Å². The third-order valence-electron chi connectivity index (χ3n) is 5.25. The molecular formula is C27H22FIN2O5S. The zero-order valence-electron chi connectivity index (χ0n) is 19.9. The number of carboxylic acids is 1. The molecule has 1 amide bonds. The lowest BCUT2D eigenvalue weighted by molar-refractivity contribution is -0.121. The van der Waals surface area contributed by atoms with Gasteiger partial charge < -0.3 is 14.6 Å².